The summed E-state index contributed by atoms with van der Waals surface area (Å²) in [6.07, 6.45) is 2.28. The van der Waals surface area contributed by atoms with Crippen LogP contribution in [0.25, 0.3) is 0 Å². The quantitative estimate of drug-likeness (QED) is 0.865. The molecule has 1 saturated carbocycles. The minimum atomic E-state index is -0.0261. The molecule has 1 amide bonds. The fourth-order valence-corrected chi connectivity index (χ4v) is 2.46. The molecule has 86 valence electrons. The van der Waals surface area contributed by atoms with E-state index in [1.165, 1.54) is 0 Å². The number of carbonyl (C=O) groups excluding carboxylic acids is 1. The Kier molecular flexibility index (Phi) is 3.92. The summed E-state index contributed by atoms with van der Waals surface area (Å²) < 4.78 is 1.06. The first-order valence-corrected chi connectivity index (χ1v) is 7.05. The van der Waals surface area contributed by atoms with Gasteiger partial charge in [-0.3, -0.25) is 4.79 Å². The SMILES string of the molecule is C[C@@H](Sc1ccc(Br)cc1)C(=O)NC1CC1. The number of benzene rings is 1. The number of thioether (sulfide) groups is 1. The Morgan fingerprint density at radius 1 is 1.44 bits per heavy atom. The van der Waals surface area contributed by atoms with E-state index in [1.807, 2.05) is 31.2 Å². The number of rotatable bonds is 4. The lowest BCUT2D eigenvalue weighted by Gasteiger charge is -2.11. The molecular formula is C12H14BrNOS. The maximum absolute atomic E-state index is 11.7. The van der Waals surface area contributed by atoms with Crippen LogP contribution in [-0.2, 0) is 4.79 Å². The zero-order valence-corrected chi connectivity index (χ0v) is 11.5. The monoisotopic (exact) mass is 299 g/mol. The molecule has 2 nitrogen and oxygen atoms in total. The Balaban J connectivity index is 1.87. The third-order valence-electron chi connectivity index (χ3n) is 2.42. The Labute approximate surface area is 108 Å². The van der Waals surface area contributed by atoms with E-state index in [9.17, 15) is 4.79 Å². The van der Waals surface area contributed by atoms with E-state index in [-0.39, 0.29) is 11.2 Å². The van der Waals surface area contributed by atoms with Crippen molar-refractivity contribution in [1.82, 2.24) is 5.32 Å². The number of carbonyl (C=O) groups is 1. The van der Waals surface area contributed by atoms with Crippen molar-refractivity contribution in [3.8, 4) is 0 Å². The van der Waals surface area contributed by atoms with E-state index < -0.39 is 0 Å². The minimum Gasteiger partial charge on any atom is -0.352 e. The molecule has 0 bridgehead atoms. The van der Waals surface area contributed by atoms with Gasteiger partial charge in [0, 0.05) is 15.4 Å². The molecule has 1 fully saturated rings. The molecule has 1 atom stereocenters. The lowest BCUT2D eigenvalue weighted by molar-refractivity contribution is -0.120. The van der Waals surface area contributed by atoms with Crippen LogP contribution in [-0.4, -0.2) is 17.2 Å². The molecule has 0 aliphatic heterocycles. The molecule has 0 heterocycles. The zero-order chi connectivity index (χ0) is 11.5. The van der Waals surface area contributed by atoms with Gasteiger partial charge in [0.1, 0.15) is 0 Å². The average molecular weight is 300 g/mol. The topological polar surface area (TPSA) is 29.1 Å². The van der Waals surface area contributed by atoms with Crippen LogP contribution in [0.2, 0.25) is 0 Å². The van der Waals surface area contributed by atoms with Gasteiger partial charge in [-0.2, -0.15) is 0 Å². The second-order valence-corrected chi connectivity index (χ2v) is 6.33. The van der Waals surface area contributed by atoms with Gasteiger partial charge >= 0.3 is 0 Å². The fourth-order valence-electron chi connectivity index (χ4n) is 1.32. The molecule has 0 unspecified atom stereocenters. The highest BCUT2D eigenvalue weighted by Crippen LogP contribution is 2.26. The molecule has 0 saturated heterocycles. The van der Waals surface area contributed by atoms with Crippen LogP contribution in [0.15, 0.2) is 33.6 Å². The molecule has 2 rings (SSSR count). The largest absolute Gasteiger partial charge is 0.352 e. The number of amides is 1. The highest BCUT2D eigenvalue weighted by atomic mass is 79.9. The Bertz CT molecular complexity index is 375. The first-order valence-electron chi connectivity index (χ1n) is 5.38. The van der Waals surface area contributed by atoms with Gasteiger partial charge in [-0.1, -0.05) is 15.9 Å². The summed E-state index contributed by atoms with van der Waals surface area (Å²) in [6.45, 7) is 1.95. The highest BCUT2D eigenvalue weighted by Gasteiger charge is 2.25. The zero-order valence-electron chi connectivity index (χ0n) is 9.07. The van der Waals surface area contributed by atoms with Crippen molar-refractivity contribution < 1.29 is 4.79 Å². The molecule has 16 heavy (non-hydrogen) atoms. The van der Waals surface area contributed by atoms with E-state index >= 15 is 0 Å². The van der Waals surface area contributed by atoms with Crippen LogP contribution in [0.3, 0.4) is 0 Å². The standard InChI is InChI=1S/C12H14BrNOS/c1-8(12(15)14-10-4-5-10)16-11-6-2-9(13)3-7-11/h2-3,6-8,10H,4-5H2,1H3,(H,14,15)/t8-/m1/s1. The van der Waals surface area contributed by atoms with Gasteiger partial charge in [-0.15, -0.1) is 11.8 Å². The first kappa shape index (κ1) is 12.0. The van der Waals surface area contributed by atoms with Gasteiger partial charge in [0.2, 0.25) is 5.91 Å². The van der Waals surface area contributed by atoms with Gasteiger partial charge in [-0.05, 0) is 44.0 Å². The van der Waals surface area contributed by atoms with E-state index in [0.717, 1.165) is 22.2 Å². The third-order valence-corrected chi connectivity index (χ3v) is 4.06. The predicted molar refractivity (Wildman–Crippen MR) is 70.6 cm³/mol. The second-order valence-electron chi connectivity index (χ2n) is 4.00. The molecule has 1 N–H and O–H groups in total. The molecule has 4 heteroatoms. The summed E-state index contributed by atoms with van der Waals surface area (Å²) in [7, 11) is 0. The maximum Gasteiger partial charge on any atom is 0.233 e. The molecule has 1 aliphatic rings. The molecule has 0 aromatic heterocycles. The lowest BCUT2D eigenvalue weighted by atomic mass is 10.4. The normalized spacial score (nSPS) is 16.9. The Hall–Kier alpha value is -0.480. The van der Waals surface area contributed by atoms with Crippen molar-refractivity contribution in [3.05, 3.63) is 28.7 Å². The van der Waals surface area contributed by atoms with Gasteiger partial charge in [0.25, 0.3) is 0 Å². The Morgan fingerprint density at radius 2 is 2.06 bits per heavy atom. The number of hydrogen-bond acceptors (Lipinski definition) is 2. The molecule has 0 spiro atoms. The summed E-state index contributed by atoms with van der Waals surface area (Å²) in [5, 5.41) is 2.99. The predicted octanol–water partition coefficient (Wildman–Crippen LogP) is 3.21. The summed E-state index contributed by atoms with van der Waals surface area (Å²) in [6, 6.07) is 8.48. The summed E-state index contributed by atoms with van der Waals surface area (Å²) >= 11 is 4.99. The molecule has 1 aromatic rings. The van der Waals surface area contributed by atoms with Crippen molar-refractivity contribution in [3.63, 3.8) is 0 Å². The molecule has 1 aromatic carbocycles. The number of nitrogens with one attached hydrogen (secondary N) is 1. The van der Waals surface area contributed by atoms with Crippen LogP contribution in [0, 0.1) is 0 Å². The summed E-state index contributed by atoms with van der Waals surface area (Å²) in [5.74, 6) is 0.149. The Morgan fingerprint density at radius 3 is 2.62 bits per heavy atom. The van der Waals surface area contributed by atoms with Crippen LogP contribution in [0.5, 0.6) is 0 Å². The van der Waals surface area contributed by atoms with E-state index in [0.29, 0.717) is 6.04 Å². The van der Waals surface area contributed by atoms with Crippen molar-refractivity contribution in [1.29, 1.82) is 0 Å². The van der Waals surface area contributed by atoms with E-state index in [2.05, 4.69) is 21.2 Å². The van der Waals surface area contributed by atoms with Crippen molar-refractivity contribution in [2.45, 2.75) is 36.0 Å². The van der Waals surface area contributed by atoms with Gasteiger partial charge in [-0.25, -0.2) is 0 Å². The smallest absolute Gasteiger partial charge is 0.233 e. The van der Waals surface area contributed by atoms with Crippen molar-refractivity contribution in [2.24, 2.45) is 0 Å². The van der Waals surface area contributed by atoms with Crippen LogP contribution >= 0.6 is 27.7 Å². The number of halogens is 1. The molecule has 1 aliphatic carbocycles. The second kappa shape index (κ2) is 5.23. The molecular weight excluding hydrogens is 286 g/mol. The third kappa shape index (κ3) is 3.52. The maximum atomic E-state index is 11.7. The first-order chi connectivity index (χ1) is 7.65. The van der Waals surface area contributed by atoms with Gasteiger partial charge in [0.05, 0.1) is 5.25 Å². The van der Waals surface area contributed by atoms with Crippen LogP contribution < -0.4 is 5.32 Å². The highest BCUT2D eigenvalue weighted by molar-refractivity contribution is 9.10. The van der Waals surface area contributed by atoms with Gasteiger partial charge in [0.15, 0.2) is 0 Å². The van der Waals surface area contributed by atoms with E-state index in [4.69, 9.17) is 0 Å². The fraction of sp³-hybridized carbons (Fsp3) is 0.417. The van der Waals surface area contributed by atoms with E-state index in [1.54, 1.807) is 11.8 Å². The lowest BCUT2D eigenvalue weighted by Crippen LogP contribution is -2.32. The summed E-state index contributed by atoms with van der Waals surface area (Å²) in [4.78, 5) is 12.9. The van der Waals surface area contributed by atoms with Crippen molar-refractivity contribution >= 4 is 33.6 Å². The molecule has 0 radical (unpaired) electrons. The van der Waals surface area contributed by atoms with Crippen molar-refractivity contribution in [2.75, 3.05) is 0 Å². The summed E-state index contributed by atoms with van der Waals surface area (Å²) in [5.41, 5.74) is 0. The van der Waals surface area contributed by atoms with Crippen LogP contribution in [0.1, 0.15) is 19.8 Å². The van der Waals surface area contributed by atoms with Gasteiger partial charge < -0.3 is 5.32 Å². The minimum absolute atomic E-state index is 0.0261. The number of hydrogen-bond donors (Lipinski definition) is 1. The average Bonchev–Trinajstić information content (AvgIpc) is 3.05. The van der Waals surface area contributed by atoms with Crippen LogP contribution in [0.4, 0.5) is 0 Å².